The number of carbonyl (C=O) groups is 1. The van der Waals surface area contributed by atoms with Gasteiger partial charge in [0.1, 0.15) is 0 Å². The number of alkyl halides is 4. The van der Waals surface area contributed by atoms with Crippen LogP contribution in [0, 0.1) is 5.92 Å². The fraction of sp³-hybridized carbons (Fsp3) is 0.933. The van der Waals surface area contributed by atoms with E-state index in [0.29, 0.717) is 12.8 Å². The summed E-state index contributed by atoms with van der Waals surface area (Å²) in [5, 5.41) is 0. The van der Waals surface area contributed by atoms with Crippen LogP contribution in [-0.4, -0.2) is 48.6 Å². The summed E-state index contributed by atoms with van der Waals surface area (Å²) in [6.45, 7) is 1.05. The van der Waals surface area contributed by atoms with Crippen LogP contribution >= 0.6 is 11.8 Å². The summed E-state index contributed by atoms with van der Waals surface area (Å²) in [4.78, 5) is 10.9. The van der Waals surface area contributed by atoms with E-state index in [1.807, 2.05) is 11.8 Å². The molecule has 0 saturated carbocycles. The highest BCUT2D eigenvalue weighted by atomic mass is 32.2. The Balaban J connectivity index is 2.45. The van der Waals surface area contributed by atoms with Gasteiger partial charge in [-0.25, -0.2) is 17.6 Å². The predicted molar refractivity (Wildman–Crippen MR) is 81.2 cm³/mol. The molecule has 3 nitrogen and oxygen atoms in total. The van der Waals surface area contributed by atoms with E-state index in [1.165, 1.54) is 0 Å². The molecule has 0 N–H and O–H groups in total. The molecule has 0 bridgehead atoms. The maximum atomic E-state index is 13.9. The third-order valence-corrected chi connectivity index (χ3v) is 4.65. The second-order valence-corrected chi connectivity index (χ2v) is 7.25. The van der Waals surface area contributed by atoms with E-state index < -0.39 is 36.9 Å². The Hall–Kier alpha value is -0.500. The average Bonchev–Trinajstić information content (AvgIpc) is 2.40. The van der Waals surface area contributed by atoms with Crippen LogP contribution in [0.1, 0.15) is 39.5 Å². The van der Waals surface area contributed by atoms with E-state index in [9.17, 15) is 22.4 Å². The molecule has 1 unspecified atom stereocenters. The van der Waals surface area contributed by atoms with Gasteiger partial charge < -0.3 is 9.47 Å². The Morgan fingerprint density at radius 3 is 2.39 bits per heavy atom. The Kier molecular flexibility index (Phi) is 8.13. The molecule has 0 spiro atoms. The second kappa shape index (κ2) is 9.11. The highest BCUT2D eigenvalue weighted by Gasteiger charge is 2.48. The lowest BCUT2D eigenvalue weighted by Crippen LogP contribution is -2.44. The Morgan fingerprint density at radius 1 is 1.26 bits per heavy atom. The normalized spacial score (nSPS) is 18.7. The van der Waals surface area contributed by atoms with Crippen molar-refractivity contribution in [3.8, 4) is 0 Å². The van der Waals surface area contributed by atoms with Gasteiger partial charge in [0.15, 0.2) is 6.10 Å². The van der Waals surface area contributed by atoms with Crippen molar-refractivity contribution < 1.29 is 31.8 Å². The summed E-state index contributed by atoms with van der Waals surface area (Å²) in [7, 11) is 0. The largest absolute Gasteiger partial charge is 0.454 e. The van der Waals surface area contributed by atoms with Crippen LogP contribution in [0.3, 0.4) is 0 Å². The van der Waals surface area contributed by atoms with Crippen molar-refractivity contribution in [3.63, 3.8) is 0 Å². The van der Waals surface area contributed by atoms with Crippen molar-refractivity contribution in [2.45, 2.75) is 57.5 Å². The van der Waals surface area contributed by atoms with Crippen molar-refractivity contribution >= 4 is 17.7 Å². The van der Waals surface area contributed by atoms with Gasteiger partial charge in [0, 0.05) is 13.5 Å². The minimum atomic E-state index is -3.84. The molecule has 1 aliphatic heterocycles. The summed E-state index contributed by atoms with van der Waals surface area (Å²) in [5.41, 5.74) is 0. The number of esters is 1. The van der Waals surface area contributed by atoms with Gasteiger partial charge in [-0.1, -0.05) is 0 Å². The lowest BCUT2D eigenvalue weighted by molar-refractivity contribution is -0.199. The number of hydrogen-bond acceptors (Lipinski definition) is 4. The summed E-state index contributed by atoms with van der Waals surface area (Å²) in [6.07, 6.45) is -0.795. The van der Waals surface area contributed by atoms with Gasteiger partial charge in [-0.05, 0) is 43.6 Å². The molecule has 23 heavy (non-hydrogen) atoms. The van der Waals surface area contributed by atoms with Crippen molar-refractivity contribution in [1.29, 1.82) is 0 Å². The van der Waals surface area contributed by atoms with Gasteiger partial charge >= 0.3 is 5.97 Å². The van der Waals surface area contributed by atoms with Gasteiger partial charge in [0.25, 0.3) is 11.8 Å². The number of halogens is 4. The molecule has 0 aromatic carbocycles. The standard InChI is InChI=1S/C15H24F4O3S/c1-11(20)22-13(15(18,19)10-14(2,16)17)9-21-6-3-12-4-7-23-8-5-12/h12-13H,3-10H2,1-2H3. The van der Waals surface area contributed by atoms with Crippen LogP contribution in [0.15, 0.2) is 0 Å². The summed E-state index contributed by atoms with van der Waals surface area (Å²) in [6, 6.07) is 0. The highest BCUT2D eigenvalue weighted by molar-refractivity contribution is 7.99. The van der Waals surface area contributed by atoms with Gasteiger partial charge in [-0.2, -0.15) is 11.8 Å². The van der Waals surface area contributed by atoms with Crippen LogP contribution in [0.4, 0.5) is 17.6 Å². The first-order valence-electron chi connectivity index (χ1n) is 7.68. The molecule has 0 amide bonds. The maximum Gasteiger partial charge on any atom is 0.303 e. The SMILES string of the molecule is CC(=O)OC(COCCC1CCSCC1)C(F)(F)CC(C)(F)F. The topological polar surface area (TPSA) is 35.5 Å². The minimum absolute atomic E-state index is 0.256. The van der Waals surface area contributed by atoms with E-state index in [-0.39, 0.29) is 6.61 Å². The minimum Gasteiger partial charge on any atom is -0.454 e. The van der Waals surface area contributed by atoms with E-state index >= 15 is 0 Å². The molecule has 1 saturated heterocycles. The lowest BCUT2D eigenvalue weighted by Gasteiger charge is -2.28. The zero-order valence-electron chi connectivity index (χ0n) is 13.5. The zero-order valence-corrected chi connectivity index (χ0v) is 14.3. The first-order chi connectivity index (χ1) is 10.6. The molecule has 8 heteroatoms. The maximum absolute atomic E-state index is 13.9. The van der Waals surface area contributed by atoms with Gasteiger partial charge in [-0.3, -0.25) is 4.79 Å². The second-order valence-electron chi connectivity index (χ2n) is 6.03. The fourth-order valence-electron chi connectivity index (χ4n) is 2.45. The molecule has 1 rings (SSSR count). The van der Waals surface area contributed by atoms with Gasteiger partial charge in [-0.15, -0.1) is 0 Å². The van der Waals surface area contributed by atoms with Crippen LogP contribution in [-0.2, 0) is 14.3 Å². The van der Waals surface area contributed by atoms with Crippen LogP contribution < -0.4 is 0 Å². The van der Waals surface area contributed by atoms with E-state index in [4.69, 9.17) is 4.74 Å². The summed E-state index contributed by atoms with van der Waals surface area (Å²) < 4.78 is 63.2. The fourth-order valence-corrected chi connectivity index (χ4v) is 3.65. The number of carbonyl (C=O) groups excluding carboxylic acids is 1. The molecule has 0 aromatic heterocycles. The Bertz CT molecular complexity index is 368. The number of thioether (sulfide) groups is 1. The molecule has 0 aliphatic carbocycles. The third kappa shape index (κ3) is 8.79. The molecule has 136 valence electrons. The van der Waals surface area contributed by atoms with Crippen molar-refractivity contribution in [1.82, 2.24) is 0 Å². The first kappa shape index (κ1) is 20.5. The van der Waals surface area contributed by atoms with Crippen LogP contribution in [0.5, 0.6) is 0 Å². The monoisotopic (exact) mass is 360 g/mol. The first-order valence-corrected chi connectivity index (χ1v) is 8.84. The molecule has 0 radical (unpaired) electrons. The number of ether oxygens (including phenoxy) is 2. The van der Waals surface area contributed by atoms with Gasteiger partial charge in [0.05, 0.1) is 13.0 Å². The van der Waals surface area contributed by atoms with E-state index in [0.717, 1.165) is 37.7 Å². The third-order valence-electron chi connectivity index (χ3n) is 3.61. The van der Waals surface area contributed by atoms with Crippen molar-refractivity contribution in [2.24, 2.45) is 5.92 Å². The van der Waals surface area contributed by atoms with E-state index in [2.05, 4.69) is 4.74 Å². The molecular weight excluding hydrogens is 336 g/mol. The average molecular weight is 360 g/mol. The molecule has 1 aliphatic rings. The van der Waals surface area contributed by atoms with Crippen LogP contribution in [0.2, 0.25) is 0 Å². The molecule has 1 heterocycles. The molecule has 1 fully saturated rings. The number of rotatable bonds is 9. The Morgan fingerprint density at radius 2 is 1.87 bits per heavy atom. The summed E-state index contributed by atoms with van der Waals surface area (Å²) >= 11 is 1.89. The quantitative estimate of drug-likeness (QED) is 0.352. The molecule has 1 atom stereocenters. The smallest absolute Gasteiger partial charge is 0.303 e. The lowest BCUT2D eigenvalue weighted by atomic mass is 9.99. The number of hydrogen-bond donors (Lipinski definition) is 0. The molecule has 0 aromatic rings. The predicted octanol–water partition coefficient (Wildman–Crippen LogP) is 4.15. The van der Waals surface area contributed by atoms with Crippen molar-refractivity contribution in [2.75, 3.05) is 24.7 Å². The molecular formula is C15H24F4O3S. The summed E-state index contributed by atoms with van der Waals surface area (Å²) in [5.74, 6) is -5.66. The van der Waals surface area contributed by atoms with Crippen molar-refractivity contribution in [3.05, 3.63) is 0 Å². The van der Waals surface area contributed by atoms with Crippen LogP contribution in [0.25, 0.3) is 0 Å². The Labute approximate surface area is 138 Å². The van der Waals surface area contributed by atoms with Gasteiger partial charge in [0.2, 0.25) is 0 Å². The highest BCUT2D eigenvalue weighted by Crippen LogP contribution is 2.34. The van der Waals surface area contributed by atoms with E-state index in [1.54, 1.807) is 0 Å². The zero-order chi connectivity index (χ0) is 17.5.